The Morgan fingerprint density at radius 2 is 2.30 bits per heavy atom. The van der Waals surface area contributed by atoms with E-state index < -0.39 is 0 Å². The minimum Gasteiger partial charge on any atom is -0.490 e. The molecule has 0 aliphatic carbocycles. The van der Waals surface area contributed by atoms with Crippen molar-refractivity contribution in [3.8, 4) is 5.75 Å². The molecule has 5 heteroatoms. The molecule has 0 unspecified atom stereocenters. The van der Waals surface area contributed by atoms with Crippen LogP contribution in [0.5, 0.6) is 5.75 Å². The summed E-state index contributed by atoms with van der Waals surface area (Å²) in [6.45, 7) is 1.11. The number of aryl methyl sites for hydroxylation is 1. The van der Waals surface area contributed by atoms with Crippen LogP contribution in [0.25, 0.3) is 0 Å². The molecule has 1 aliphatic rings. The van der Waals surface area contributed by atoms with E-state index in [1.807, 2.05) is 17.5 Å². The number of carbonyl (C=O) groups excluding carboxylic acids is 1. The van der Waals surface area contributed by atoms with Crippen molar-refractivity contribution >= 4 is 34.5 Å². The fourth-order valence-electron chi connectivity index (χ4n) is 2.27. The Morgan fingerprint density at radius 3 is 3.10 bits per heavy atom. The van der Waals surface area contributed by atoms with Crippen LogP contribution in [-0.2, 0) is 11.2 Å². The van der Waals surface area contributed by atoms with Crippen molar-refractivity contribution in [1.82, 2.24) is 0 Å². The van der Waals surface area contributed by atoms with Crippen LogP contribution in [0.3, 0.4) is 0 Å². The lowest BCUT2D eigenvalue weighted by atomic mass is 10.2. The van der Waals surface area contributed by atoms with E-state index in [9.17, 15) is 4.79 Å². The molecule has 0 N–H and O–H groups in total. The van der Waals surface area contributed by atoms with Gasteiger partial charge in [0.25, 0.3) is 0 Å². The third kappa shape index (κ3) is 2.81. The van der Waals surface area contributed by atoms with Gasteiger partial charge in [-0.05, 0) is 36.1 Å². The fraction of sp³-hybridized carbons (Fsp3) is 0.267. The van der Waals surface area contributed by atoms with Gasteiger partial charge in [0.2, 0.25) is 5.91 Å². The van der Waals surface area contributed by atoms with E-state index in [2.05, 4.69) is 6.07 Å². The number of fused-ring (bicyclic) bond motifs is 1. The standard InChI is InChI=1S/C15H14ClNO2S/c16-11-3-5-14-13(10-11)17(7-8-19-14)15(18)6-4-12-2-1-9-20-12/h1-3,5,9-10H,4,6-8H2. The first kappa shape index (κ1) is 13.5. The Balaban J connectivity index is 1.74. The molecule has 0 saturated carbocycles. The first-order valence-electron chi connectivity index (χ1n) is 6.49. The molecule has 2 aromatic rings. The molecule has 0 radical (unpaired) electrons. The van der Waals surface area contributed by atoms with Gasteiger partial charge in [0.05, 0.1) is 12.2 Å². The van der Waals surface area contributed by atoms with Crippen molar-refractivity contribution in [2.45, 2.75) is 12.8 Å². The quantitative estimate of drug-likeness (QED) is 0.864. The summed E-state index contributed by atoms with van der Waals surface area (Å²) < 4.78 is 5.56. The van der Waals surface area contributed by atoms with Crippen molar-refractivity contribution in [3.63, 3.8) is 0 Å². The van der Waals surface area contributed by atoms with Crippen molar-refractivity contribution < 1.29 is 9.53 Å². The maximum absolute atomic E-state index is 12.4. The number of amides is 1. The topological polar surface area (TPSA) is 29.5 Å². The predicted octanol–water partition coefficient (Wildman–Crippen LogP) is 3.76. The molecule has 0 bridgehead atoms. The smallest absolute Gasteiger partial charge is 0.227 e. The number of hydrogen-bond acceptors (Lipinski definition) is 3. The Morgan fingerprint density at radius 1 is 1.40 bits per heavy atom. The lowest BCUT2D eigenvalue weighted by molar-refractivity contribution is -0.118. The maximum atomic E-state index is 12.4. The summed E-state index contributed by atoms with van der Waals surface area (Å²) in [5, 5.41) is 2.65. The zero-order chi connectivity index (χ0) is 13.9. The highest BCUT2D eigenvalue weighted by Crippen LogP contribution is 2.34. The van der Waals surface area contributed by atoms with Crippen LogP contribution in [0.4, 0.5) is 5.69 Å². The summed E-state index contributed by atoms with van der Waals surface area (Å²) >= 11 is 7.70. The second-order valence-electron chi connectivity index (χ2n) is 4.59. The Kier molecular flexibility index (Phi) is 3.94. The molecule has 3 nitrogen and oxygen atoms in total. The molecular weight excluding hydrogens is 294 g/mol. The Labute approximate surface area is 126 Å². The van der Waals surface area contributed by atoms with Gasteiger partial charge < -0.3 is 9.64 Å². The first-order valence-corrected chi connectivity index (χ1v) is 7.75. The number of carbonyl (C=O) groups is 1. The van der Waals surface area contributed by atoms with Gasteiger partial charge in [0.1, 0.15) is 12.4 Å². The molecule has 1 aromatic carbocycles. The molecule has 20 heavy (non-hydrogen) atoms. The van der Waals surface area contributed by atoms with Crippen LogP contribution in [0.2, 0.25) is 5.02 Å². The SMILES string of the molecule is O=C(CCc1cccs1)N1CCOc2ccc(Cl)cc21. The normalized spacial score (nSPS) is 13.8. The van der Waals surface area contributed by atoms with Crippen LogP contribution in [0.1, 0.15) is 11.3 Å². The third-order valence-electron chi connectivity index (χ3n) is 3.25. The van der Waals surface area contributed by atoms with Crippen molar-refractivity contribution in [2.75, 3.05) is 18.1 Å². The summed E-state index contributed by atoms with van der Waals surface area (Å²) in [5.74, 6) is 0.843. The average molecular weight is 308 g/mol. The zero-order valence-corrected chi connectivity index (χ0v) is 12.4. The molecule has 0 spiro atoms. The lowest BCUT2D eigenvalue weighted by Gasteiger charge is -2.29. The second kappa shape index (κ2) is 5.85. The van der Waals surface area contributed by atoms with Gasteiger partial charge >= 0.3 is 0 Å². The largest absolute Gasteiger partial charge is 0.490 e. The van der Waals surface area contributed by atoms with Crippen molar-refractivity contribution in [3.05, 3.63) is 45.6 Å². The van der Waals surface area contributed by atoms with E-state index >= 15 is 0 Å². The molecule has 0 fully saturated rings. The molecule has 1 amide bonds. The summed E-state index contributed by atoms with van der Waals surface area (Å²) in [6.07, 6.45) is 1.29. The molecule has 0 atom stereocenters. The van der Waals surface area contributed by atoms with Crippen LogP contribution < -0.4 is 9.64 Å². The van der Waals surface area contributed by atoms with Crippen LogP contribution in [-0.4, -0.2) is 19.1 Å². The minimum absolute atomic E-state index is 0.116. The Hall–Kier alpha value is -1.52. The summed E-state index contributed by atoms with van der Waals surface area (Å²) in [5.41, 5.74) is 0.778. The number of rotatable bonds is 3. The fourth-order valence-corrected chi connectivity index (χ4v) is 3.15. The summed E-state index contributed by atoms with van der Waals surface area (Å²) in [6, 6.07) is 9.45. The number of halogens is 1. The van der Waals surface area contributed by atoms with Crippen LogP contribution in [0.15, 0.2) is 35.7 Å². The number of hydrogen-bond donors (Lipinski definition) is 0. The number of anilines is 1. The molecule has 3 rings (SSSR count). The summed E-state index contributed by atoms with van der Waals surface area (Å²) in [4.78, 5) is 15.4. The average Bonchev–Trinajstić information content (AvgIpc) is 2.97. The first-order chi connectivity index (χ1) is 9.74. The highest BCUT2D eigenvalue weighted by atomic mass is 35.5. The van der Waals surface area contributed by atoms with Gasteiger partial charge in [0, 0.05) is 16.3 Å². The highest BCUT2D eigenvalue weighted by molar-refractivity contribution is 7.09. The molecule has 1 aliphatic heterocycles. The summed E-state index contributed by atoms with van der Waals surface area (Å²) in [7, 11) is 0. The van der Waals surface area contributed by atoms with Gasteiger partial charge in [0.15, 0.2) is 0 Å². The van der Waals surface area contributed by atoms with E-state index in [0.717, 1.165) is 17.9 Å². The van der Waals surface area contributed by atoms with Crippen molar-refractivity contribution in [1.29, 1.82) is 0 Å². The van der Waals surface area contributed by atoms with E-state index in [1.165, 1.54) is 4.88 Å². The van der Waals surface area contributed by atoms with E-state index in [4.69, 9.17) is 16.3 Å². The molecule has 0 saturated heterocycles. The molecule has 2 heterocycles. The van der Waals surface area contributed by atoms with E-state index in [1.54, 1.807) is 28.4 Å². The lowest BCUT2D eigenvalue weighted by Crippen LogP contribution is -2.38. The second-order valence-corrected chi connectivity index (χ2v) is 6.05. The number of benzene rings is 1. The van der Waals surface area contributed by atoms with Crippen LogP contribution >= 0.6 is 22.9 Å². The predicted molar refractivity (Wildman–Crippen MR) is 81.9 cm³/mol. The minimum atomic E-state index is 0.116. The van der Waals surface area contributed by atoms with Gasteiger partial charge in [-0.1, -0.05) is 17.7 Å². The molecular formula is C15H14ClNO2S. The highest BCUT2D eigenvalue weighted by Gasteiger charge is 2.23. The number of nitrogens with zero attached hydrogens (tertiary/aromatic N) is 1. The molecule has 1 aromatic heterocycles. The maximum Gasteiger partial charge on any atom is 0.227 e. The Bertz CT molecular complexity index is 612. The van der Waals surface area contributed by atoms with E-state index in [0.29, 0.717) is 24.6 Å². The van der Waals surface area contributed by atoms with Crippen LogP contribution in [0, 0.1) is 0 Å². The third-order valence-corrected chi connectivity index (χ3v) is 4.42. The number of thiophene rings is 1. The van der Waals surface area contributed by atoms with Gasteiger partial charge in [-0.2, -0.15) is 0 Å². The van der Waals surface area contributed by atoms with Gasteiger partial charge in [-0.15, -0.1) is 11.3 Å². The van der Waals surface area contributed by atoms with Gasteiger partial charge in [-0.25, -0.2) is 0 Å². The number of ether oxygens (including phenoxy) is 1. The van der Waals surface area contributed by atoms with Gasteiger partial charge in [-0.3, -0.25) is 4.79 Å². The van der Waals surface area contributed by atoms with Crippen molar-refractivity contribution in [2.24, 2.45) is 0 Å². The molecule has 104 valence electrons. The zero-order valence-electron chi connectivity index (χ0n) is 10.8. The van der Waals surface area contributed by atoms with E-state index in [-0.39, 0.29) is 5.91 Å². The monoisotopic (exact) mass is 307 g/mol.